The van der Waals surface area contributed by atoms with Crippen LogP contribution in [0.4, 0.5) is 22.7 Å². The number of halogens is 1. The zero-order valence-corrected chi connectivity index (χ0v) is 17.5. The van der Waals surface area contributed by atoms with E-state index in [1.165, 1.54) is 6.07 Å². The van der Waals surface area contributed by atoms with Crippen LogP contribution in [0.2, 0.25) is 0 Å². The lowest BCUT2D eigenvalue weighted by molar-refractivity contribution is 0.482. The number of hydrogen-bond donors (Lipinski definition) is 1. The number of phenols is 1. The zero-order valence-electron chi connectivity index (χ0n) is 15.9. The molecule has 4 aromatic carbocycles. The highest BCUT2D eigenvalue weighted by Crippen LogP contribution is 2.40. The van der Waals surface area contributed by atoms with Gasteiger partial charge in [-0.15, -0.1) is 5.11 Å². The molecule has 0 heterocycles. The quantitative estimate of drug-likeness (QED) is 0.254. The van der Waals surface area contributed by atoms with Crippen LogP contribution in [0.3, 0.4) is 0 Å². The maximum atomic E-state index is 12.0. The molecule has 0 amide bonds. The molecule has 0 spiro atoms. The third-order valence-corrected chi connectivity index (χ3v) is 5.74. The molecule has 31 heavy (non-hydrogen) atoms. The second kappa shape index (κ2) is 8.63. The standard InChI is InChI=1S/C22H15ClN4O3S/c23-31(29,30)21-14-20(22(28)19-9-5-4-8-18(19)21)27-26-17-12-10-16(11-13-17)25-24-15-6-2-1-3-7-15/h1-14,28H. The van der Waals surface area contributed by atoms with Gasteiger partial charge >= 0.3 is 0 Å². The van der Waals surface area contributed by atoms with Gasteiger partial charge in [-0.25, -0.2) is 8.42 Å². The van der Waals surface area contributed by atoms with Crippen LogP contribution in [-0.4, -0.2) is 13.5 Å². The van der Waals surface area contributed by atoms with Gasteiger partial charge in [0.25, 0.3) is 9.05 Å². The van der Waals surface area contributed by atoms with Crippen LogP contribution in [0, 0.1) is 0 Å². The van der Waals surface area contributed by atoms with Crippen molar-refractivity contribution in [3.8, 4) is 5.75 Å². The first-order valence-electron chi connectivity index (χ1n) is 9.10. The average molecular weight is 451 g/mol. The average Bonchev–Trinajstić information content (AvgIpc) is 2.78. The molecule has 0 bridgehead atoms. The summed E-state index contributed by atoms with van der Waals surface area (Å²) < 4.78 is 24.0. The van der Waals surface area contributed by atoms with Gasteiger partial charge in [-0.3, -0.25) is 0 Å². The van der Waals surface area contributed by atoms with E-state index in [1.54, 1.807) is 48.5 Å². The van der Waals surface area contributed by atoms with Gasteiger partial charge in [-0.1, -0.05) is 42.5 Å². The second-order valence-corrected chi connectivity index (χ2v) is 9.01. The Morgan fingerprint density at radius 3 is 1.71 bits per heavy atom. The highest BCUT2D eigenvalue weighted by atomic mass is 35.7. The van der Waals surface area contributed by atoms with Crippen LogP contribution in [0.15, 0.2) is 110 Å². The zero-order chi connectivity index (χ0) is 21.8. The smallest absolute Gasteiger partial charge is 0.262 e. The first-order chi connectivity index (χ1) is 14.9. The Bertz CT molecular complexity index is 1400. The van der Waals surface area contributed by atoms with Crippen molar-refractivity contribution in [2.45, 2.75) is 4.90 Å². The van der Waals surface area contributed by atoms with E-state index in [1.807, 2.05) is 30.3 Å². The van der Waals surface area contributed by atoms with Crippen molar-refractivity contribution >= 4 is 53.3 Å². The predicted molar refractivity (Wildman–Crippen MR) is 120 cm³/mol. The van der Waals surface area contributed by atoms with Gasteiger partial charge in [0.15, 0.2) is 5.75 Å². The Hall–Kier alpha value is -3.62. The highest BCUT2D eigenvalue weighted by Gasteiger charge is 2.19. The topological polar surface area (TPSA) is 104 Å². The SMILES string of the molecule is O=S(=O)(Cl)c1cc(N=Nc2ccc(N=Nc3ccccc3)cc2)c(O)c2ccccc12. The number of aromatic hydroxyl groups is 1. The number of rotatable bonds is 5. The molecule has 154 valence electrons. The lowest BCUT2D eigenvalue weighted by Gasteiger charge is -2.08. The van der Waals surface area contributed by atoms with E-state index in [4.69, 9.17) is 10.7 Å². The van der Waals surface area contributed by atoms with E-state index in [-0.39, 0.29) is 16.3 Å². The van der Waals surface area contributed by atoms with Crippen LogP contribution in [0.5, 0.6) is 5.75 Å². The fraction of sp³-hybridized carbons (Fsp3) is 0. The Balaban J connectivity index is 1.63. The third kappa shape index (κ3) is 4.76. The van der Waals surface area contributed by atoms with Crippen molar-refractivity contribution in [2.24, 2.45) is 20.5 Å². The summed E-state index contributed by atoms with van der Waals surface area (Å²) in [7, 11) is 1.52. The van der Waals surface area contributed by atoms with Crippen LogP contribution >= 0.6 is 10.7 Å². The normalized spacial score (nSPS) is 12.2. The summed E-state index contributed by atoms with van der Waals surface area (Å²) in [5, 5.41) is 27.5. The minimum atomic E-state index is -4.05. The van der Waals surface area contributed by atoms with E-state index >= 15 is 0 Å². The van der Waals surface area contributed by atoms with Gasteiger partial charge < -0.3 is 5.11 Å². The van der Waals surface area contributed by atoms with Crippen molar-refractivity contribution in [3.05, 3.63) is 84.9 Å². The molecule has 0 saturated carbocycles. The lowest BCUT2D eigenvalue weighted by Crippen LogP contribution is -1.92. The van der Waals surface area contributed by atoms with E-state index < -0.39 is 9.05 Å². The van der Waals surface area contributed by atoms with E-state index in [0.717, 1.165) is 5.69 Å². The molecule has 4 aromatic rings. The number of fused-ring (bicyclic) bond motifs is 1. The van der Waals surface area contributed by atoms with Gasteiger partial charge in [0.1, 0.15) is 5.69 Å². The van der Waals surface area contributed by atoms with Crippen LogP contribution in [0.1, 0.15) is 0 Å². The molecule has 7 nitrogen and oxygen atoms in total. The molecular formula is C22H15ClN4O3S. The Kier molecular flexibility index (Phi) is 5.75. The molecule has 0 aromatic heterocycles. The molecule has 0 aliphatic heterocycles. The molecule has 0 aliphatic carbocycles. The lowest BCUT2D eigenvalue weighted by atomic mass is 10.1. The van der Waals surface area contributed by atoms with Crippen LogP contribution in [0.25, 0.3) is 10.8 Å². The molecule has 1 N–H and O–H groups in total. The van der Waals surface area contributed by atoms with Gasteiger partial charge in [0.2, 0.25) is 0 Å². The molecule has 9 heteroatoms. The first kappa shape index (κ1) is 20.6. The van der Waals surface area contributed by atoms with E-state index in [2.05, 4.69) is 20.5 Å². The highest BCUT2D eigenvalue weighted by molar-refractivity contribution is 8.14. The van der Waals surface area contributed by atoms with Gasteiger partial charge in [0, 0.05) is 21.5 Å². The predicted octanol–water partition coefficient (Wildman–Crippen LogP) is 7.30. The van der Waals surface area contributed by atoms with Crippen LogP contribution in [-0.2, 0) is 9.05 Å². The fourth-order valence-corrected chi connectivity index (χ4v) is 3.97. The largest absolute Gasteiger partial charge is 0.505 e. The summed E-state index contributed by atoms with van der Waals surface area (Å²) in [6.45, 7) is 0. The summed E-state index contributed by atoms with van der Waals surface area (Å²) in [6.07, 6.45) is 0. The first-order valence-corrected chi connectivity index (χ1v) is 11.4. The molecule has 0 atom stereocenters. The van der Waals surface area contributed by atoms with Crippen molar-refractivity contribution in [1.82, 2.24) is 0 Å². The monoisotopic (exact) mass is 450 g/mol. The molecule has 4 rings (SSSR count). The maximum Gasteiger partial charge on any atom is 0.262 e. The van der Waals surface area contributed by atoms with Crippen LogP contribution < -0.4 is 0 Å². The van der Waals surface area contributed by atoms with Crippen molar-refractivity contribution < 1.29 is 13.5 Å². The molecule has 0 fully saturated rings. The van der Waals surface area contributed by atoms with Gasteiger partial charge in [-0.05, 0) is 42.5 Å². The molecule has 0 aliphatic rings. The summed E-state index contributed by atoms with van der Waals surface area (Å²) in [4.78, 5) is -0.145. The van der Waals surface area contributed by atoms with Crippen molar-refractivity contribution in [1.29, 1.82) is 0 Å². The summed E-state index contributed by atoms with van der Waals surface area (Å²) in [6, 6.07) is 23.8. The third-order valence-electron chi connectivity index (χ3n) is 4.38. The number of benzene rings is 4. The fourth-order valence-electron chi connectivity index (χ4n) is 2.90. The maximum absolute atomic E-state index is 12.0. The van der Waals surface area contributed by atoms with Gasteiger partial charge in [-0.2, -0.15) is 15.3 Å². The summed E-state index contributed by atoms with van der Waals surface area (Å²) in [5.41, 5.74) is 1.85. The minimum absolute atomic E-state index is 0.00855. The van der Waals surface area contributed by atoms with E-state index in [9.17, 15) is 13.5 Å². The molecule has 0 radical (unpaired) electrons. The van der Waals surface area contributed by atoms with E-state index in [0.29, 0.717) is 22.1 Å². The molecule has 0 saturated heterocycles. The Labute approximate surface area is 182 Å². The minimum Gasteiger partial charge on any atom is -0.505 e. The van der Waals surface area contributed by atoms with Crippen molar-refractivity contribution in [2.75, 3.05) is 0 Å². The number of phenolic OH excluding ortho intramolecular Hbond substituents is 1. The Morgan fingerprint density at radius 2 is 1.13 bits per heavy atom. The Morgan fingerprint density at radius 1 is 0.645 bits per heavy atom. The molecular weight excluding hydrogens is 436 g/mol. The summed E-state index contributed by atoms with van der Waals surface area (Å²) in [5.74, 6) is -0.184. The number of azo groups is 2. The number of nitrogens with zero attached hydrogens (tertiary/aromatic N) is 4. The van der Waals surface area contributed by atoms with Crippen molar-refractivity contribution in [3.63, 3.8) is 0 Å². The molecule has 0 unspecified atom stereocenters. The second-order valence-electron chi connectivity index (χ2n) is 6.48. The van der Waals surface area contributed by atoms with Gasteiger partial charge in [0.05, 0.1) is 22.0 Å². The number of hydrogen-bond acceptors (Lipinski definition) is 7. The summed E-state index contributed by atoms with van der Waals surface area (Å²) >= 11 is 0.